The van der Waals surface area contributed by atoms with Gasteiger partial charge in [0.1, 0.15) is 24.5 Å². The fourth-order valence-electron chi connectivity index (χ4n) is 2.42. The average Bonchev–Trinajstić information content (AvgIpc) is 3.12. The number of nitrogen functional groups attached to an aromatic ring is 1. The molecule has 0 aliphatic carbocycles. The number of oxime groups is 1. The van der Waals surface area contributed by atoms with Crippen LogP contribution in [0.2, 0.25) is 0 Å². The molecular formula is C19H18N4O2. The Morgan fingerprint density at radius 1 is 0.840 bits per heavy atom. The SMILES string of the molecule is CO/N=C(\N)c1ccc(-c2ccc(-c3ccc(C(=N)N)cc3)o2)cc1. The second-order valence-corrected chi connectivity index (χ2v) is 5.39. The van der Waals surface area contributed by atoms with Crippen molar-refractivity contribution >= 4 is 11.7 Å². The maximum absolute atomic E-state index is 7.43. The maximum Gasteiger partial charge on any atom is 0.170 e. The smallest absolute Gasteiger partial charge is 0.170 e. The van der Waals surface area contributed by atoms with Gasteiger partial charge in [-0.2, -0.15) is 0 Å². The van der Waals surface area contributed by atoms with Crippen LogP contribution < -0.4 is 11.5 Å². The summed E-state index contributed by atoms with van der Waals surface area (Å²) in [5.74, 6) is 1.86. The van der Waals surface area contributed by atoms with Gasteiger partial charge < -0.3 is 20.7 Å². The average molecular weight is 334 g/mol. The van der Waals surface area contributed by atoms with Crippen molar-refractivity contribution in [1.82, 2.24) is 0 Å². The Balaban J connectivity index is 1.83. The van der Waals surface area contributed by atoms with Crippen LogP contribution in [-0.2, 0) is 4.84 Å². The number of furan rings is 1. The minimum atomic E-state index is 0.0445. The molecule has 2 aromatic carbocycles. The minimum Gasteiger partial charge on any atom is -0.456 e. The molecule has 5 N–H and O–H groups in total. The molecule has 1 aromatic heterocycles. The normalized spacial score (nSPS) is 11.3. The van der Waals surface area contributed by atoms with Gasteiger partial charge in [0.05, 0.1) is 0 Å². The molecule has 6 nitrogen and oxygen atoms in total. The standard InChI is InChI=1S/C19H18N4O2/c1-24-23-19(22)15-8-4-13(5-9-15)17-11-10-16(25-17)12-2-6-14(7-3-12)18(20)21/h2-11H,1H3,(H3,20,21)(H2,22,23). The van der Waals surface area contributed by atoms with Crippen LogP contribution in [0.25, 0.3) is 22.6 Å². The van der Waals surface area contributed by atoms with E-state index in [9.17, 15) is 0 Å². The van der Waals surface area contributed by atoms with Gasteiger partial charge in [-0.1, -0.05) is 53.7 Å². The molecule has 0 amide bonds. The number of hydrogen-bond donors (Lipinski definition) is 3. The van der Waals surface area contributed by atoms with Crippen LogP contribution in [0.15, 0.2) is 70.2 Å². The molecule has 0 radical (unpaired) electrons. The van der Waals surface area contributed by atoms with Crippen molar-refractivity contribution in [2.75, 3.05) is 7.11 Å². The van der Waals surface area contributed by atoms with Crippen molar-refractivity contribution < 1.29 is 9.25 Å². The van der Waals surface area contributed by atoms with Gasteiger partial charge >= 0.3 is 0 Å². The summed E-state index contributed by atoms with van der Waals surface area (Å²) in [5.41, 5.74) is 14.6. The molecule has 1 heterocycles. The lowest BCUT2D eigenvalue weighted by molar-refractivity contribution is 0.213. The van der Waals surface area contributed by atoms with Gasteiger partial charge in [-0.3, -0.25) is 5.41 Å². The molecule has 0 fully saturated rings. The molecule has 3 aromatic rings. The number of rotatable bonds is 5. The van der Waals surface area contributed by atoms with Crippen molar-refractivity contribution in [3.05, 3.63) is 71.8 Å². The number of benzene rings is 2. The summed E-state index contributed by atoms with van der Waals surface area (Å²) in [6, 6.07) is 18.7. The minimum absolute atomic E-state index is 0.0445. The highest BCUT2D eigenvalue weighted by atomic mass is 16.6. The summed E-state index contributed by atoms with van der Waals surface area (Å²) in [6.45, 7) is 0. The monoisotopic (exact) mass is 334 g/mol. The lowest BCUT2D eigenvalue weighted by Crippen LogP contribution is -2.13. The van der Waals surface area contributed by atoms with E-state index in [1.807, 2.05) is 48.5 Å². The third-order valence-electron chi connectivity index (χ3n) is 3.74. The molecule has 126 valence electrons. The van der Waals surface area contributed by atoms with Crippen LogP contribution in [0, 0.1) is 5.41 Å². The Kier molecular flexibility index (Phi) is 4.52. The Morgan fingerprint density at radius 3 is 1.76 bits per heavy atom. The van der Waals surface area contributed by atoms with E-state index in [1.165, 1.54) is 7.11 Å². The molecule has 0 atom stereocenters. The molecule has 0 aliphatic rings. The van der Waals surface area contributed by atoms with E-state index in [2.05, 4.69) is 9.99 Å². The van der Waals surface area contributed by atoms with E-state index in [-0.39, 0.29) is 5.84 Å². The number of nitrogens with one attached hydrogen (secondary N) is 1. The lowest BCUT2D eigenvalue weighted by atomic mass is 10.1. The molecule has 0 bridgehead atoms. The first-order valence-corrected chi connectivity index (χ1v) is 7.60. The molecule has 0 saturated carbocycles. The Hall–Kier alpha value is -3.54. The summed E-state index contributed by atoms with van der Waals surface area (Å²) in [6.07, 6.45) is 0. The van der Waals surface area contributed by atoms with Gasteiger partial charge in [0.2, 0.25) is 0 Å². The first-order valence-electron chi connectivity index (χ1n) is 7.60. The zero-order valence-electron chi connectivity index (χ0n) is 13.7. The highest BCUT2D eigenvalue weighted by Gasteiger charge is 2.08. The fraction of sp³-hybridized carbons (Fsp3) is 0.0526. The Bertz CT molecular complexity index is 909. The van der Waals surface area contributed by atoms with E-state index in [1.54, 1.807) is 12.1 Å². The molecular weight excluding hydrogens is 316 g/mol. The van der Waals surface area contributed by atoms with Crippen LogP contribution >= 0.6 is 0 Å². The summed E-state index contributed by atoms with van der Waals surface area (Å²) in [7, 11) is 1.45. The number of hydrogen-bond acceptors (Lipinski definition) is 4. The fourth-order valence-corrected chi connectivity index (χ4v) is 2.42. The van der Waals surface area contributed by atoms with Gasteiger partial charge in [0, 0.05) is 22.3 Å². The summed E-state index contributed by atoms with van der Waals surface area (Å²) < 4.78 is 5.93. The summed E-state index contributed by atoms with van der Waals surface area (Å²) in [5, 5.41) is 11.1. The first-order chi connectivity index (χ1) is 12.1. The van der Waals surface area contributed by atoms with Crippen LogP contribution in [0.1, 0.15) is 11.1 Å². The third kappa shape index (κ3) is 3.53. The van der Waals surface area contributed by atoms with E-state index < -0.39 is 0 Å². The number of nitrogens with two attached hydrogens (primary N) is 2. The number of amidine groups is 2. The molecule has 25 heavy (non-hydrogen) atoms. The zero-order chi connectivity index (χ0) is 17.8. The summed E-state index contributed by atoms with van der Waals surface area (Å²) >= 11 is 0. The zero-order valence-corrected chi connectivity index (χ0v) is 13.7. The second-order valence-electron chi connectivity index (χ2n) is 5.39. The van der Waals surface area contributed by atoms with Gasteiger partial charge in [0.25, 0.3) is 0 Å². The predicted molar refractivity (Wildman–Crippen MR) is 98.3 cm³/mol. The van der Waals surface area contributed by atoms with Crippen molar-refractivity contribution in [3.63, 3.8) is 0 Å². The van der Waals surface area contributed by atoms with Crippen LogP contribution in [0.3, 0.4) is 0 Å². The van der Waals surface area contributed by atoms with Crippen LogP contribution in [0.4, 0.5) is 0 Å². The van der Waals surface area contributed by atoms with E-state index >= 15 is 0 Å². The van der Waals surface area contributed by atoms with Crippen molar-refractivity contribution in [3.8, 4) is 22.6 Å². The Labute approximate surface area is 145 Å². The molecule has 0 aliphatic heterocycles. The third-order valence-corrected chi connectivity index (χ3v) is 3.74. The van der Waals surface area contributed by atoms with Gasteiger partial charge in [-0.25, -0.2) is 0 Å². The largest absolute Gasteiger partial charge is 0.456 e. The van der Waals surface area contributed by atoms with Crippen LogP contribution in [0.5, 0.6) is 0 Å². The lowest BCUT2D eigenvalue weighted by Gasteiger charge is -2.02. The Morgan fingerprint density at radius 2 is 1.32 bits per heavy atom. The maximum atomic E-state index is 7.43. The van der Waals surface area contributed by atoms with Gasteiger partial charge in [-0.15, -0.1) is 0 Å². The number of nitrogens with zero attached hydrogens (tertiary/aromatic N) is 1. The van der Waals surface area contributed by atoms with E-state index in [0.717, 1.165) is 28.2 Å². The molecule has 0 unspecified atom stereocenters. The van der Waals surface area contributed by atoms with E-state index in [0.29, 0.717) is 11.4 Å². The second kappa shape index (κ2) is 6.92. The van der Waals surface area contributed by atoms with Crippen molar-refractivity contribution in [2.24, 2.45) is 16.6 Å². The first kappa shape index (κ1) is 16.3. The highest BCUT2D eigenvalue weighted by Crippen LogP contribution is 2.28. The van der Waals surface area contributed by atoms with Gasteiger partial charge in [0.15, 0.2) is 5.84 Å². The summed E-state index contributed by atoms with van der Waals surface area (Å²) in [4.78, 5) is 4.67. The topological polar surface area (TPSA) is 111 Å². The quantitative estimate of drug-likeness (QED) is 0.378. The molecule has 6 heteroatoms. The van der Waals surface area contributed by atoms with Crippen molar-refractivity contribution in [1.29, 1.82) is 5.41 Å². The van der Waals surface area contributed by atoms with E-state index in [4.69, 9.17) is 21.3 Å². The predicted octanol–water partition coefficient (Wildman–Crippen LogP) is 3.16. The highest BCUT2D eigenvalue weighted by molar-refractivity contribution is 5.97. The molecule has 0 spiro atoms. The molecule has 0 saturated heterocycles. The van der Waals surface area contributed by atoms with Crippen LogP contribution in [-0.4, -0.2) is 18.8 Å². The van der Waals surface area contributed by atoms with Gasteiger partial charge in [-0.05, 0) is 12.1 Å². The molecule has 3 rings (SSSR count). The van der Waals surface area contributed by atoms with Crippen molar-refractivity contribution in [2.45, 2.75) is 0 Å².